The first-order valence-corrected chi connectivity index (χ1v) is 7.82. The van der Waals surface area contributed by atoms with Gasteiger partial charge in [-0.15, -0.1) is 0 Å². The number of nitrogens with zero attached hydrogens (tertiary/aromatic N) is 3. The molecule has 0 amide bonds. The molecule has 23 heavy (non-hydrogen) atoms. The van der Waals surface area contributed by atoms with Crippen LogP contribution in [0.2, 0.25) is 0 Å². The maximum Gasteiger partial charge on any atom is 0.190 e. The van der Waals surface area contributed by atoms with Crippen LogP contribution >= 0.6 is 0 Å². The molecule has 0 saturated heterocycles. The van der Waals surface area contributed by atoms with Crippen molar-refractivity contribution in [1.82, 2.24) is 0 Å². The van der Waals surface area contributed by atoms with Gasteiger partial charge in [0.15, 0.2) is 21.4 Å². The Kier molecular flexibility index (Phi) is 4.39. The van der Waals surface area contributed by atoms with Crippen LogP contribution < -0.4 is 9.47 Å². The number of ether oxygens (including phenoxy) is 2. The predicted molar refractivity (Wildman–Crippen MR) is 78.5 cm³/mol. The summed E-state index contributed by atoms with van der Waals surface area (Å²) < 4.78 is 34.7. The number of azide groups is 1. The van der Waals surface area contributed by atoms with Crippen LogP contribution in [0.1, 0.15) is 20.7 Å². The number of ketones is 2. The third-order valence-electron chi connectivity index (χ3n) is 3.14. The Morgan fingerprint density at radius 3 is 2.26 bits per heavy atom. The van der Waals surface area contributed by atoms with Gasteiger partial charge in [-0.05, 0) is 17.7 Å². The van der Waals surface area contributed by atoms with Gasteiger partial charge in [0.05, 0.1) is 25.3 Å². The van der Waals surface area contributed by atoms with Crippen molar-refractivity contribution in [3.05, 3.63) is 39.8 Å². The van der Waals surface area contributed by atoms with Crippen molar-refractivity contribution in [2.24, 2.45) is 5.11 Å². The van der Waals surface area contributed by atoms with Crippen LogP contribution in [0.4, 0.5) is 0 Å². The van der Waals surface area contributed by atoms with Crippen LogP contribution in [0.3, 0.4) is 0 Å². The number of methoxy groups -OCH3 is 2. The molecule has 0 unspecified atom stereocenters. The summed E-state index contributed by atoms with van der Waals surface area (Å²) in [4.78, 5) is 26.2. The van der Waals surface area contributed by atoms with Gasteiger partial charge in [0.1, 0.15) is 22.3 Å². The molecule has 0 atom stereocenters. The summed E-state index contributed by atoms with van der Waals surface area (Å²) in [6, 6.07) is 1.07. The summed E-state index contributed by atoms with van der Waals surface area (Å²) in [5.74, 6) is -2.32. The number of allylic oxidation sites excluding steroid dienone is 2. The van der Waals surface area contributed by atoms with Gasteiger partial charge in [-0.25, -0.2) is 8.42 Å². The topological polar surface area (TPSA) is 136 Å². The highest BCUT2D eigenvalue weighted by Gasteiger charge is 2.33. The molecule has 0 aliphatic heterocycles. The van der Waals surface area contributed by atoms with E-state index < -0.39 is 27.3 Å². The van der Waals surface area contributed by atoms with Gasteiger partial charge in [0.25, 0.3) is 0 Å². The van der Waals surface area contributed by atoms with Crippen LogP contribution in [0.15, 0.2) is 28.2 Å². The Bertz CT molecular complexity index is 881. The lowest BCUT2D eigenvalue weighted by Crippen LogP contribution is -2.18. The van der Waals surface area contributed by atoms with Crippen molar-refractivity contribution in [3.8, 4) is 11.5 Å². The minimum Gasteiger partial charge on any atom is -0.496 e. The smallest absolute Gasteiger partial charge is 0.190 e. The van der Waals surface area contributed by atoms with Gasteiger partial charge in [0, 0.05) is 11.0 Å². The second kappa shape index (κ2) is 6.11. The maximum absolute atomic E-state index is 12.3. The molecule has 1 aromatic rings. The fraction of sp³-hybridized carbons (Fsp3) is 0.231. The second-order valence-electron chi connectivity index (χ2n) is 4.40. The molecule has 0 N–H and O–H groups in total. The van der Waals surface area contributed by atoms with Gasteiger partial charge < -0.3 is 9.47 Å². The Hall–Kier alpha value is -2.84. The van der Waals surface area contributed by atoms with Gasteiger partial charge in [-0.3, -0.25) is 9.59 Å². The van der Waals surface area contributed by atoms with Crippen LogP contribution in [-0.2, 0) is 9.84 Å². The Morgan fingerprint density at radius 2 is 1.74 bits per heavy atom. The Labute approximate surface area is 131 Å². The van der Waals surface area contributed by atoms with Crippen molar-refractivity contribution in [1.29, 1.82) is 0 Å². The van der Waals surface area contributed by atoms with Crippen molar-refractivity contribution in [3.63, 3.8) is 0 Å². The highest BCUT2D eigenvalue weighted by Crippen LogP contribution is 2.39. The molecule has 1 aromatic carbocycles. The van der Waals surface area contributed by atoms with Crippen LogP contribution in [-0.4, -0.2) is 40.1 Å². The number of hydrogen-bond donors (Lipinski definition) is 0. The van der Waals surface area contributed by atoms with E-state index >= 15 is 0 Å². The van der Waals surface area contributed by atoms with Gasteiger partial charge >= 0.3 is 0 Å². The first-order chi connectivity index (χ1) is 10.9. The van der Waals surface area contributed by atoms with E-state index in [1.54, 1.807) is 0 Å². The third kappa shape index (κ3) is 2.77. The minimum absolute atomic E-state index is 0.0698. The zero-order chi connectivity index (χ0) is 17.2. The molecule has 0 heterocycles. The monoisotopic (exact) mass is 337 g/mol. The van der Waals surface area contributed by atoms with E-state index in [4.69, 9.17) is 15.0 Å². The number of fused-ring (bicyclic) bond motifs is 1. The molecule has 9 nitrogen and oxygen atoms in total. The van der Waals surface area contributed by atoms with Gasteiger partial charge in [-0.1, -0.05) is 5.11 Å². The molecular weight excluding hydrogens is 326 g/mol. The average molecular weight is 337 g/mol. The molecule has 0 bridgehead atoms. The molecule has 0 spiro atoms. The highest BCUT2D eigenvalue weighted by atomic mass is 32.2. The van der Waals surface area contributed by atoms with E-state index in [1.165, 1.54) is 14.2 Å². The molecule has 0 aromatic heterocycles. The Balaban J connectivity index is 2.87. The Morgan fingerprint density at radius 1 is 1.13 bits per heavy atom. The van der Waals surface area contributed by atoms with E-state index in [0.29, 0.717) is 0 Å². The van der Waals surface area contributed by atoms with E-state index in [-0.39, 0.29) is 27.5 Å². The fourth-order valence-corrected chi connectivity index (χ4v) is 3.28. The fourth-order valence-electron chi connectivity index (χ4n) is 2.18. The molecule has 10 heteroatoms. The normalized spacial score (nSPS) is 13.3. The number of carbonyl (C=O) groups is 2. The first kappa shape index (κ1) is 16.5. The van der Waals surface area contributed by atoms with Crippen LogP contribution in [0, 0.1) is 0 Å². The van der Waals surface area contributed by atoms with Crippen molar-refractivity contribution < 1.29 is 27.5 Å². The largest absolute Gasteiger partial charge is 0.496 e. The second-order valence-corrected chi connectivity index (χ2v) is 6.32. The predicted octanol–water partition coefficient (Wildman–Crippen LogP) is 1.68. The SMILES string of the molecule is COc1cc(S(=O)(=O)CN=[N+]=[N-])c(OC)c2c1C(=O)C=CC2=O. The quantitative estimate of drug-likeness (QED) is 0.455. The lowest BCUT2D eigenvalue weighted by Gasteiger charge is -2.19. The summed E-state index contributed by atoms with van der Waals surface area (Å²) >= 11 is 0. The highest BCUT2D eigenvalue weighted by molar-refractivity contribution is 7.91. The summed E-state index contributed by atoms with van der Waals surface area (Å²) in [5, 5.41) is 3.03. The molecule has 1 aliphatic carbocycles. The minimum atomic E-state index is -4.09. The molecule has 0 fully saturated rings. The van der Waals surface area contributed by atoms with Crippen molar-refractivity contribution in [2.45, 2.75) is 4.90 Å². The van der Waals surface area contributed by atoms with E-state index in [1.807, 2.05) is 0 Å². The molecular formula is C13H11N3O6S. The van der Waals surface area contributed by atoms with Gasteiger partial charge in [0.2, 0.25) is 0 Å². The van der Waals surface area contributed by atoms with Crippen molar-refractivity contribution >= 4 is 21.4 Å². The number of hydrogen-bond acceptors (Lipinski definition) is 7. The lowest BCUT2D eigenvalue weighted by molar-refractivity contribution is 0.0988. The number of benzene rings is 1. The van der Waals surface area contributed by atoms with E-state index in [9.17, 15) is 18.0 Å². The molecule has 2 rings (SSSR count). The number of sulfone groups is 1. The summed E-state index contributed by atoms with van der Waals surface area (Å²) in [6.07, 6.45) is 2.09. The van der Waals surface area contributed by atoms with Gasteiger partial charge in [-0.2, -0.15) is 0 Å². The summed E-state index contributed by atoms with van der Waals surface area (Å²) in [7, 11) is -1.68. The maximum atomic E-state index is 12.3. The van der Waals surface area contributed by atoms with E-state index in [0.717, 1.165) is 18.2 Å². The molecule has 1 aliphatic rings. The molecule has 120 valence electrons. The molecule has 0 saturated carbocycles. The zero-order valence-corrected chi connectivity index (χ0v) is 13.0. The standard InChI is InChI=1S/C13H11N3O6S/c1-21-9-5-10(23(19,20)6-15-16-14)13(22-2)12-8(18)4-3-7(17)11(9)12/h3-5H,6H2,1-2H3. The van der Waals surface area contributed by atoms with Crippen LogP contribution in [0.5, 0.6) is 11.5 Å². The van der Waals surface area contributed by atoms with Crippen molar-refractivity contribution in [2.75, 3.05) is 20.1 Å². The molecule has 0 radical (unpaired) electrons. The van der Waals surface area contributed by atoms with E-state index in [2.05, 4.69) is 10.0 Å². The third-order valence-corrected chi connectivity index (χ3v) is 4.57. The van der Waals surface area contributed by atoms with Crippen LogP contribution in [0.25, 0.3) is 10.4 Å². The lowest BCUT2D eigenvalue weighted by atomic mass is 9.93. The first-order valence-electron chi connectivity index (χ1n) is 6.16. The summed E-state index contributed by atoms with van der Waals surface area (Å²) in [5.41, 5.74) is 8.04. The average Bonchev–Trinajstić information content (AvgIpc) is 2.54. The number of rotatable bonds is 5. The number of carbonyl (C=O) groups excluding carboxylic acids is 2. The summed E-state index contributed by atoms with van der Waals surface area (Å²) in [6.45, 7) is 0. The zero-order valence-electron chi connectivity index (χ0n) is 12.1.